The molecule has 0 aromatic heterocycles. The van der Waals surface area contributed by atoms with Crippen molar-refractivity contribution < 1.29 is 9.59 Å². The van der Waals surface area contributed by atoms with Gasteiger partial charge in [-0.2, -0.15) is 0 Å². The minimum absolute atomic E-state index is 0.0493. The number of anilines is 1. The van der Waals surface area contributed by atoms with Crippen molar-refractivity contribution in [3.05, 3.63) is 29.3 Å². The van der Waals surface area contributed by atoms with Gasteiger partial charge < -0.3 is 15.5 Å². The van der Waals surface area contributed by atoms with Gasteiger partial charge in [0.15, 0.2) is 0 Å². The highest BCUT2D eigenvalue weighted by Crippen LogP contribution is 2.20. The first-order valence-corrected chi connectivity index (χ1v) is 8.30. The molecule has 1 saturated heterocycles. The summed E-state index contributed by atoms with van der Waals surface area (Å²) in [5.41, 5.74) is 2.99. The Morgan fingerprint density at radius 1 is 1.22 bits per heavy atom. The van der Waals surface area contributed by atoms with Gasteiger partial charge in [-0.05, 0) is 55.9 Å². The van der Waals surface area contributed by atoms with E-state index in [9.17, 15) is 9.59 Å². The summed E-state index contributed by atoms with van der Waals surface area (Å²) in [4.78, 5) is 26.5. The minimum atomic E-state index is -0.361. The Bertz CT molecular complexity index is 563. The van der Waals surface area contributed by atoms with E-state index in [0.29, 0.717) is 19.0 Å². The summed E-state index contributed by atoms with van der Waals surface area (Å²) in [5.74, 6) is 0.352. The van der Waals surface area contributed by atoms with Crippen molar-refractivity contribution in [2.24, 2.45) is 5.92 Å². The molecule has 0 spiro atoms. The molecule has 2 N–H and O–H groups in total. The fraction of sp³-hybridized carbons (Fsp3) is 0.556. The topological polar surface area (TPSA) is 61.4 Å². The molecule has 3 amide bonds. The van der Waals surface area contributed by atoms with E-state index in [0.717, 1.165) is 29.7 Å². The van der Waals surface area contributed by atoms with Crippen molar-refractivity contribution in [2.45, 2.75) is 46.6 Å². The van der Waals surface area contributed by atoms with E-state index in [-0.39, 0.29) is 18.0 Å². The molecule has 23 heavy (non-hydrogen) atoms. The van der Waals surface area contributed by atoms with Crippen LogP contribution in [-0.2, 0) is 4.79 Å². The van der Waals surface area contributed by atoms with E-state index in [2.05, 4.69) is 30.5 Å². The molecule has 5 nitrogen and oxygen atoms in total. The smallest absolute Gasteiger partial charge is 0.322 e. The highest BCUT2D eigenvalue weighted by molar-refractivity contribution is 5.94. The highest BCUT2D eigenvalue weighted by Gasteiger charge is 2.34. The van der Waals surface area contributed by atoms with Crippen molar-refractivity contribution in [1.82, 2.24) is 10.2 Å². The number of amides is 3. The van der Waals surface area contributed by atoms with Crippen LogP contribution in [-0.4, -0.2) is 36.0 Å². The maximum atomic E-state index is 12.5. The third-order valence-corrected chi connectivity index (χ3v) is 3.97. The summed E-state index contributed by atoms with van der Waals surface area (Å²) in [5, 5.41) is 5.85. The third kappa shape index (κ3) is 4.71. The first-order chi connectivity index (χ1) is 10.9. The number of likely N-dealkylation sites (tertiary alicyclic amines) is 1. The Kier molecular flexibility index (Phi) is 5.64. The van der Waals surface area contributed by atoms with Gasteiger partial charge in [0.25, 0.3) is 0 Å². The number of nitrogens with one attached hydrogen (secondary N) is 2. The van der Waals surface area contributed by atoms with Crippen LogP contribution in [0.2, 0.25) is 0 Å². The van der Waals surface area contributed by atoms with E-state index in [1.807, 2.05) is 26.0 Å². The lowest BCUT2D eigenvalue weighted by atomic mass is 10.1. The summed E-state index contributed by atoms with van der Waals surface area (Å²) < 4.78 is 0. The van der Waals surface area contributed by atoms with Crippen LogP contribution in [0.4, 0.5) is 10.5 Å². The first kappa shape index (κ1) is 17.3. The quantitative estimate of drug-likeness (QED) is 0.896. The van der Waals surface area contributed by atoms with Gasteiger partial charge in [0.2, 0.25) is 5.91 Å². The Morgan fingerprint density at radius 2 is 1.87 bits per heavy atom. The van der Waals surface area contributed by atoms with Crippen LogP contribution in [0.3, 0.4) is 0 Å². The van der Waals surface area contributed by atoms with Crippen LogP contribution in [0.5, 0.6) is 0 Å². The van der Waals surface area contributed by atoms with Gasteiger partial charge in [-0.25, -0.2) is 4.79 Å². The molecule has 1 atom stereocenters. The van der Waals surface area contributed by atoms with Crippen LogP contribution in [0, 0.1) is 19.8 Å². The molecular formula is C18H27N3O2. The van der Waals surface area contributed by atoms with Crippen LogP contribution < -0.4 is 10.6 Å². The summed E-state index contributed by atoms with van der Waals surface area (Å²) >= 11 is 0. The number of rotatable bonds is 4. The Labute approximate surface area is 138 Å². The molecule has 1 fully saturated rings. The van der Waals surface area contributed by atoms with Crippen LogP contribution in [0.1, 0.15) is 37.8 Å². The van der Waals surface area contributed by atoms with Gasteiger partial charge in [0, 0.05) is 18.8 Å². The summed E-state index contributed by atoms with van der Waals surface area (Å²) in [6, 6.07) is 5.38. The molecule has 0 saturated carbocycles. The first-order valence-electron chi connectivity index (χ1n) is 8.30. The van der Waals surface area contributed by atoms with E-state index < -0.39 is 0 Å². The number of nitrogens with zero attached hydrogens (tertiary/aromatic N) is 1. The largest absolute Gasteiger partial charge is 0.354 e. The molecule has 0 bridgehead atoms. The minimum Gasteiger partial charge on any atom is -0.354 e. The van der Waals surface area contributed by atoms with E-state index in [4.69, 9.17) is 0 Å². The molecule has 0 radical (unpaired) electrons. The van der Waals surface area contributed by atoms with Gasteiger partial charge >= 0.3 is 6.03 Å². The lowest BCUT2D eigenvalue weighted by Gasteiger charge is -2.24. The summed E-state index contributed by atoms with van der Waals surface area (Å²) in [7, 11) is 0. The molecule has 1 aliphatic rings. The molecule has 1 aromatic rings. The number of hydrogen-bond donors (Lipinski definition) is 2. The standard InChI is InChI=1S/C18H27N3O2/c1-12(2)11-19-17(22)16-6-5-7-21(16)18(23)20-15-9-13(3)8-14(4)10-15/h8-10,12,16H,5-7,11H2,1-4H3,(H,19,22)(H,20,23). The molecule has 126 valence electrons. The zero-order chi connectivity index (χ0) is 17.0. The van der Waals surface area contributed by atoms with Gasteiger partial charge in [0.1, 0.15) is 6.04 Å². The second-order valence-electron chi connectivity index (χ2n) is 6.80. The fourth-order valence-electron chi connectivity index (χ4n) is 2.95. The molecule has 0 aliphatic carbocycles. The highest BCUT2D eigenvalue weighted by atomic mass is 16.2. The van der Waals surface area contributed by atoms with Crippen molar-refractivity contribution in [2.75, 3.05) is 18.4 Å². The maximum Gasteiger partial charge on any atom is 0.322 e. The summed E-state index contributed by atoms with van der Waals surface area (Å²) in [6.45, 7) is 9.37. The maximum absolute atomic E-state index is 12.5. The van der Waals surface area contributed by atoms with Crippen LogP contribution >= 0.6 is 0 Å². The second kappa shape index (κ2) is 7.49. The molecular weight excluding hydrogens is 290 g/mol. The predicted molar refractivity (Wildman–Crippen MR) is 92.5 cm³/mol. The Balaban J connectivity index is 2.01. The van der Waals surface area contributed by atoms with Crippen molar-refractivity contribution in [3.8, 4) is 0 Å². The van der Waals surface area contributed by atoms with Gasteiger partial charge in [0.05, 0.1) is 0 Å². The number of hydrogen-bond acceptors (Lipinski definition) is 2. The predicted octanol–water partition coefficient (Wildman–Crippen LogP) is 3.07. The third-order valence-electron chi connectivity index (χ3n) is 3.97. The average Bonchev–Trinajstić information content (AvgIpc) is 2.93. The zero-order valence-corrected chi connectivity index (χ0v) is 14.5. The van der Waals surface area contributed by atoms with E-state index in [1.165, 1.54) is 0 Å². The van der Waals surface area contributed by atoms with E-state index >= 15 is 0 Å². The van der Waals surface area contributed by atoms with Crippen LogP contribution in [0.25, 0.3) is 0 Å². The van der Waals surface area contributed by atoms with Gasteiger partial charge in [-0.15, -0.1) is 0 Å². The number of aryl methyl sites for hydroxylation is 2. The lowest BCUT2D eigenvalue weighted by Crippen LogP contribution is -2.48. The van der Waals surface area contributed by atoms with E-state index in [1.54, 1.807) is 4.90 Å². The number of carbonyl (C=O) groups is 2. The zero-order valence-electron chi connectivity index (χ0n) is 14.5. The molecule has 5 heteroatoms. The van der Waals surface area contributed by atoms with Crippen molar-refractivity contribution >= 4 is 17.6 Å². The van der Waals surface area contributed by atoms with Gasteiger partial charge in [-0.3, -0.25) is 4.79 Å². The lowest BCUT2D eigenvalue weighted by molar-refractivity contribution is -0.124. The number of carbonyl (C=O) groups excluding carboxylic acids is 2. The normalized spacial score (nSPS) is 17.4. The monoisotopic (exact) mass is 317 g/mol. The average molecular weight is 317 g/mol. The number of urea groups is 1. The molecule has 1 heterocycles. The SMILES string of the molecule is Cc1cc(C)cc(NC(=O)N2CCCC2C(=O)NCC(C)C)c1. The van der Waals surface area contributed by atoms with Crippen molar-refractivity contribution in [1.29, 1.82) is 0 Å². The molecule has 1 aliphatic heterocycles. The Hall–Kier alpha value is -2.04. The molecule has 1 aromatic carbocycles. The second-order valence-corrected chi connectivity index (χ2v) is 6.80. The van der Waals surface area contributed by atoms with Gasteiger partial charge in [-0.1, -0.05) is 19.9 Å². The van der Waals surface area contributed by atoms with Crippen molar-refractivity contribution in [3.63, 3.8) is 0 Å². The summed E-state index contributed by atoms with van der Waals surface area (Å²) in [6.07, 6.45) is 1.59. The fourth-order valence-corrected chi connectivity index (χ4v) is 2.95. The van der Waals surface area contributed by atoms with Crippen LogP contribution in [0.15, 0.2) is 18.2 Å². The molecule has 1 unspecified atom stereocenters. The number of benzene rings is 1. The molecule has 2 rings (SSSR count). The Morgan fingerprint density at radius 3 is 2.48 bits per heavy atom.